The Morgan fingerprint density at radius 2 is 1.95 bits per heavy atom. The van der Waals surface area contributed by atoms with E-state index in [0.29, 0.717) is 0 Å². The molecule has 1 heterocycles. The van der Waals surface area contributed by atoms with Gasteiger partial charge in [0.05, 0.1) is 15.2 Å². The van der Waals surface area contributed by atoms with Gasteiger partial charge in [0.25, 0.3) is 5.69 Å². The summed E-state index contributed by atoms with van der Waals surface area (Å²) in [6.07, 6.45) is -2.73. The van der Waals surface area contributed by atoms with E-state index in [1.165, 1.54) is 0 Å². The van der Waals surface area contributed by atoms with Crippen LogP contribution in [-0.4, -0.2) is 43.7 Å². The summed E-state index contributed by atoms with van der Waals surface area (Å²) in [5.74, 6) is 0. The minimum absolute atomic E-state index is 0.0205. The molecule has 0 saturated carbocycles. The van der Waals surface area contributed by atoms with Gasteiger partial charge in [0, 0.05) is 31.8 Å². The number of nitrogens with zero attached hydrogens (tertiary/aromatic N) is 2. The molecule has 1 aliphatic rings. The van der Waals surface area contributed by atoms with Gasteiger partial charge in [0.2, 0.25) is 16.4 Å². The zero-order valence-corrected chi connectivity index (χ0v) is 12.3. The molecule has 10 heteroatoms. The summed E-state index contributed by atoms with van der Waals surface area (Å²) >= 11 is 0. The molecule has 2 N–H and O–H groups in total. The number of nitrogens with two attached hydrogens (primary N) is 1. The lowest BCUT2D eigenvalue weighted by molar-refractivity contribution is -0.384. The third-order valence-electron chi connectivity index (χ3n) is 3.91. The van der Waals surface area contributed by atoms with Crippen molar-refractivity contribution in [3.63, 3.8) is 0 Å². The molecule has 7 nitrogen and oxygen atoms in total. The molecule has 1 unspecified atom stereocenters. The first-order valence-electron chi connectivity index (χ1n) is 6.46. The van der Waals surface area contributed by atoms with Gasteiger partial charge in [0.15, 0.2) is 0 Å². The molecule has 0 radical (unpaired) electrons. The van der Waals surface area contributed by atoms with Gasteiger partial charge in [-0.25, -0.2) is 17.2 Å². The van der Waals surface area contributed by atoms with Crippen LogP contribution in [0.2, 0.25) is 0 Å². The van der Waals surface area contributed by atoms with E-state index in [9.17, 15) is 27.3 Å². The fourth-order valence-electron chi connectivity index (χ4n) is 2.38. The number of benzene rings is 1. The van der Waals surface area contributed by atoms with Crippen LogP contribution in [0.1, 0.15) is 6.42 Å². The quantitative estimate of drug-likeness (QED) is 0.643. The molecule has 1 saturated heterocycles. The average Bonchev–Trinajstić information content (AvgIpc) is 2.94. The Morgan fingerprint density at radius 3 is 2.36 bits per heavy atom. The minimum Gasteiger partial charge on any atom is -0.330 e. The van der Waals surface area contributed by atoms with Crippen LogP contribution in [0.5, 0.6) is 0 Å². The molecule has 2 rings (SSSR count). The fraction of sp³-hybridized carbons (Fsp3) is 0.500. The Balaban J connectivity index is 2.26. The first kappa shape index (κ1) is 16.7. The molecule has 1 fully saturated rings. The van der Waals surface area contributed by atoms with Crippen LogP contribution in [-0.2, 0) is 10.0 Å². The SMILES string of the molecule is NCC1(C(F)F)CCN(S(=O)(=O)c2ccc([N+](=O)[O-])cc2)C1. The van der Waals surface area contributed by atoms with Gasteiger partial charge < -0.3 is 5.73 Å². The van der Waals surface area contributed by atoms with Crippen LogP contribution < -0.4 is 5.73 Å². The number of rotatable bonds is 5. The maximum atomic E-state index is 13.1. The lowest BCUT2D eigenvalue weighted by Gasteiger charge is -2.26. The van der Waals surface area contributed by atoms with E-state index in [4.69, 9.17) is 5.73 Å². The van der Waals surface area contributed by atoms with Crippen molar-refractivity contribution in [1.82, 2.24) is 4.31 Å². The second-order valence-electron chi connectivity index (χ2n) is 5.21. The first-order chi connectivity index (χ1) is 10.2. The van der Waals surface area contributed by atoms with Crippen molar-refractivity contribution < 1.29 is 22.1 Å². The Labute approximate surface area is 125 Å². The third-order valence-corrected chi connectivity index (χ3v) is 5.76. The van der Waals surface area contributed by atoms with Gasteiger partial charge >= 0.3 is 0 Å². The molecule has 1 atom stereocenters. The van der Waals surface area contributed by atoms with Crippen LogP contribution in [0.3, 0.4) is 0 Å². The zero-order chi connectivity index (χ0) is 16.5. The Hall–Kier alpha value is -1.65. The van der Waals surface area contributed by atoms with Crippen LogP contribution in [0.15, 0.2) is 29.2 Å². The normalized spacial score (nSPS) is 23.1. The van der Waals surface area contributed by atoms with Crippen molar-refractivity contribution in [3.05, 3.63) is 34.4 Å². The molecule has 0 bridgehead atoms. The third kappa shape index (κ3) is 2.81. The summed E-state index contributed by atoms with van der Waals surface area (Å²) in [4.78, 5) is 9.75. The molecule has 122 valence electrons. The summed E-state index contributed by atoms with van der Waals surface area (Å²) in [5, 5.41) is 10.6. The standard InChI is InChI=1S/C12H15F2N3O4S/c13-11(14)12(7-15)5-6-16(8-12)22(20,21)10-3-1-9(2-4-10)17(18)19/h1-4,11H,5-8,15H2. The summed E-state index contributed by atoms with van der Waals surface area (Å²) in [6, 6.07) is 4.31. The summed E-state index contributed by atoms with van der Waals surface area (Å²) in [6.45, 7) is -0.724. The summed E-state index contributed by atoms with van der Waals surface area (Å²) in [5.41, 5.74) is 3.61. The van der Waals surface area contributed by atoms with E-state index in [2.05, 4.69) is 0 Å². The number of sulfonamides is 1. The van der Waals surface area contributed by atoms with Crippen molar-refractivity contribution in [3.8, 4) is 0 Å². The second kappa shape index (κ2) is 5.86. The van der Waals surface area contributed by atoms with Crippen molar-refractivity contribution >= 4 is 15.7 Å². The Morgan fingerprint density at radius 1 is 1.36 bits per heavy atom. The lowest BCUT2D eigenvalue weighted by atomic mass is 9.88. The molecule has 0 amide bonds. The largest absolute Gasteiger partial charge is 0.330 e. The van der Waals surface area contributed by atoms with Gasteiger partial charge in [0.1, 0.15) is 0 Å². The highest BCUT2D eigenvalue weighted by molar-refractivity contribution is 7.89. The number of nitro groups is 1. The molecule has 0 aromatic heterocycles. The molecule has 22 heavy (non-hydrogen) atoms. The Kier molecular flexibility index (Phi) is 4.45. The molecular formula is C12H15F2N3O4S. The molecule has 0 aliphatic carbocycles. The van der Waals surface area contributed by atoms with E-state index in [0.717, 1.165) is 28.6 Å². The number of non-ortho nitro benzene ring substituents is 1. The summed E-state index contributed by atoms with van der Waals surface area (Å²) < 4.78 is 52.0. The van der Waals surface area contributed by atoms with E-state index < -0.39 is 26.8 Å². The van der Waals surface area contributed by atoms with Crippen LogP contribution in [0.25, 0.3) is 0 Å². The predicted octanol–water partition coefficient (Wildman–Crippen LogP) is 1.20. The number of nitro benzene ring substituents is 1. The second-order valence-corrected chi connectivity index (χ2v) is 7.14. The zero-order valence-electron chi connectivity index (χ0n) is 11.5. The number of halogens is 2. The summed E-state index contributed by atoms with van der Waals surface area (Å²) in [7, 11) is -3.97. The fourth-order valence-corrected chi connectivity index (χ4v) is 3.92. The van der Waals surface area contributed by atoms with Crippen molar-refractivity contribution in [2.24, 2.45) is 11.1 Å². The van der Waals surface area contributed by atoms with Gasteiger partial charge in [-0.1, -0.05) is 0 Å². The van der Waals surface area contributed by atoms with Gasteiger partial charge in [-0.05, 0) is 18.6 Å². The maximum absolute atomic E-state index is 13.1. The van der Waals surface area contributed by atoms with Crippen molar-refractivity contribution in [2.75, 3.05) is 19.6 Å². The maximum Gasteiger partial charge on any atom is 0.269 e. The van der Waals surface area contributed by atoms with Crippen molar-refractivity contribution in [1.29, 1.82) is 0 Å². The highest BCUT2D eigenvalue weighted by Gasteiger charge is 2.48. The molecular weight excluding hydrogens is 320 g/mol. The highest BCUT2D eigenvalue weighted by atomic mass is 32.2. The van der Waals surface area contributed by atoms with E-state index in [1.54, 1.807) is 0 Å². The van der Waals surface area contributed by atoms with E-state index in [1.807, 2.05) is 0 Å². The van der Waals surface area contributed by atoms with E-state index in [-0.39, 0.29) is 36.6 Å². The average molecular weight is 335 g/mol. The number of alkyl halides is 2. The van der Waals surface area contributed by atoms with Crippen LogP contribution >= 0.6 is 0 Å². The van der Waals surface area contributed by atoms with E-state index >= 15 is 0 Å². The topological polar surface area (TPSA) is 107 Å². The minimum atomic E-state index is -3.97. The number of hydrogen-bond acceptors (Lipinski definition) is 5. The predicted molar refractivity (Wildman–Crippen MR) is 74.0 cm³/mol. The van der Waals surface area contributed by atoms with Crippen molar-refractivity contribution in [2.45, 2.75) is 17.7 Å². The molecule has 0 spiro atoms. The van der Waals surface area contributed by atoms with Crippen LogP contribution in [0.4, 0.5) is 14.5 Å². The number of hydrogen-bond donors (Lipinski definition) is 1. The van der Waals surface area contributed by atoms with Gasteiger partial charge in [-0.15, -0.1) is 0 Å². The molecule has 1 aliphatic heterocycles. The Bertz CT molecular complexity index is 665. The smallest absolute Gasteiger partial charge is 0.269 e. The van der Waals surface area contributed by atoms with Gasteiger partial charge in [-0.3, -0.25) is 10.1 Å². The highest BCUT2D eigenvalue weighted by Crippen LogP contribution is 2.38. The molecule has 1 aromatic rings. The van der Waals surface area contributed by atoms with Gasteiger partial charge in [-0.2, -0.15) is 4.31 Å². The first-order valence-corrected chi connectivity index (χ1v) is 7.90. The lowest BCUT2D eigenvalue weighted by Crippen LogP contribution is -2.41. The molecule has 1 aromatic carbocycles. The monoisotopic (exact) mass is 335 g/mol. The van der Waals surface area contributed by atoms with Crippen LogP contribution in [0, 0.1) is 15.5 Å².